The third-order valence-corrected chi connectivity index (χ3v) is 2.77. The number of amides is 2. The normalized spacial score (nSPS) is 9.84. The lowest BCUT2D eigenvalue weighted by atomic mass is 10.2. The lowest BCUT2D eigenvalue weighted by Crippen LogP contribution is -2.35. The summed E-state index contributed by atoms with van der Waals surface area (Å²) in [6, 6.07) is 7.26. The summed E-state index contributed by atoms with van der Waals surface area (Å²) < 4.78 is 0. The Bertz CT molecular complexity index is 425. The fourth-order valence-corrected chi connectivity index (χ4v) is 1.74. The minimum absolute atomic E-state index is 0.0796. The Morgan fingerprint density at radius 3 is 2.05 bits per heavy atom. The van der Waals surface area contributed by atoms with Crippen molar-refractivity contribution < 1.29 is 9.59 Å². The highest BCUT2D eigenvalue weighted by molar-refractivity contribution is 5.88. The molecule has 0 aromatic heterocycles. The van der Waals surface area contributed by atoms with Crippen molar-refractivity contribution in [2.75, 3.05) is 30.3 Å². The zero-order chi connectivity index (χ0) is 14.3. The molecule has 0 unspecified atom stereocenters. The summed E-state index contributed by atoms with van der Waals surface area (Å²) in [6.07, 6.45) is 0. The molecule has 5 heteroatoms. The van der Waals surface area contributed by atoms with E-state index in [0.717, 1.165) is 24.5 Å². The molecular weight excluding hydrogens is 242 g/mol. The van der Waals surface area contributed by atoms with Crippen molar-refractivity contribution in [1.82, 2.24) is 4.90 Å². The summed E-state index contributed by atoms with van der Waals surface area (Å²) in [5, 5.41) is 5.76. The van der Waals surface area contributed by atoms with Crippen molar-refractivity contribution in [3.63, 3.8) is 0 Å². The highest BCUT2D eigenvalue weighted by Gasteiger charge is 2.08. The van der Waals surface area contributed by atoms with Gasteiger partial charge in [-0.05, 0) is 38.1 Å². The van der Waals surface area contributed by atoms with Gasteiger partial charge in [0, 0.05) is 31.4 Å². The molecule has 0 aliphatic heterocycles. The fourth-order valence-electron chi connectivity index (χ4n) is 1.74. The van der Waals surface area contributed by atoms with Crippen LogP contribution in [0.4, 0.5) is 11.4 Å². The quantitative estimate of drug-likeness (QED) is 0.824. The van der Waals surface area contributed by atoms with E-state index in [9.17, 15) is 9.59 Å². The van der Waals surface area contributed by atoms with E-state index >= 15 is 0 Å². The van der Waals surface area contributed by atoms with Crippen LogP contribution in [0.5, 0.6) is 0 Å². The number of hydrogen-bond acceptors (Lipinski definition) is 3. The van der Waals surface area contributed by atoms with Gasteiger partial charge in [-0.3, -0.25) is 9.59 Å². The molecule has 0 radical (unpaired) electrons. The second-order valence-electron chi connectivity index (χ2n) is 4.18. The van der Waals surface area contributed by atoms with E-state index in [2.05, 4.69) is 10.6 Å². The molecule has 0 bridgehead atoms. The average Bonchev–Trinajstić information content (AvgIpc) is 2.38. The SMILES string of the molecule is CCN(CC)C(=O)CNc1ccc(NC(C)=O)cc1. The van der Waals surface area contributed by atoms with Crippen molar-refractivity contribution in [3.05, 3.63) is 24.3 Å². The van der Waals surface area contributed by atoms with Gasteiger partial charge >= 0.3 is 0 Å². The first kappa shape index (κ1) is 15.0. The predicted octanol–water partition coefficient (Wildman–Crippen LogP) is 1.93. The predicted molar refractivity (Wildman–Crippen MR) is 77.2 cm³/mol. The molecular formula is C14H21N3O2. The van der Waals surface area contributed by atoms with Crippen LogP contribution in [0.2, 0.25) is 0 Å². The number of rotatable bonds is 6. The molecule has 19 heavy (non-hydrogen) atoms. The average molecular weight is 263 g/mol. The van der Waals surface area contributed by atoms with Crippen molar-refractivity contribution in [2.45, 2.75) is 20.8 Å². The molecule has 0 spiro atoms. The molecule has 2 amide bonds. The number of hydrogen-bond donors (Lipinski definition) is 2. The Morgan fingerprint density at radius 1 is 1.05 bits per heavy atom. The molecule has 0 fully saturated rings. The highest BCUT2D eigenvalue weighted by atomic mass is 16.2. The first-order chi connectivity index (χ1) is 9.06. The van der Waals surface area contributed by atoms with Crippen LogP contribution in [-0.2, 0) is 9.59 Å². The maximum atomic E-state index is 11.8. The zero-order valence-corrected chi connectivity index (χ0v) is 11.7. The first-order valence-corrected chi connectivity index (χ1v) is 6.46. The number of carbonyl (C=O) groups is 2. The Kier molecular flexibility index (Phi) is 5.85. The summed E-state index contributed by atoms with van der Waals surface area (Å²) >= 11 is 0. The number of nitrogens with one attached hydrogen (secondary N) is 2. The molecule has 1 rings (SSSR count). The van der Waals surface area contributed by atoms with Gasteiger partial charge < -0.3 is 15.5 Å². The van der Waals surface area contributed by atoms with Gasteiger partial charge in [-0.1, -0.05) is 0 Å². The van der Waals surface area contributed by atoms with Gasteiger partial charge in [0.05, 0.1) is 6.54 Å². The second-order valence-corrected chi connectivity index (χ2v) is 4.18. The third kappa shape index (κ3) is 4.99. The van der Waals surface area contributed by atoms with Gasteiger partial charge in [0.15, 0.2) is 0 Å². The zero-order valence-electron chi connectivity index (χ0n) is 11.7. The highest BCUT2D eigenvalue weighted by Crippen LogP contribution is 2.13. The first-order valence-electron chi connectivity index (χ1n) is 6.46. The second kappa shape index (κ2) is 7.41. The monoisotopic (exact) mass is 263 g/mol. The summed E-state index contributed by atoms with van der Waals surface area (Å²) in [7, 11) is 0. The van der Waals surface area contributed by atoms with Crippen LogP contribution in [0.25, 0.3) is 0 Å². The molecule has 5 nitrogen and oxygen atoms in total. The van der Waals surface area contributed by atoms with Gasteiger partial charge in [-0.15, -0.1) is 0 Å². The number of carbonyl (C=O) groups excluding carboxylic acids is 2. The number of benzene rings is 1. The Hall–Kier alpha value is -2.04. The summed E-state index contributed by atoms with van der Waals surface area (Å²) in [5.41, 5.74) is 1.60. The molecule has 104 valence electrons. The van der Waals surface area contributed by atoms with Crippen LogP contribution in [0, 0.1) is 0 Å². The van der Waals surface area contributed by atoms with Gasteiger partial charge in [0.2, 0.25) is 11.8 Å². The van der Waals surface area contributed by atoms with Crippen LogP contribution >= 0.6 is 0 Å². The molecule has 0 saturated carbocycles. The van der Waals surface area contributed by atoms with Gasteiger partial charge in [-0.2, -0.15) is 0 Å². The largest absolute Gasteiger partial charge is 0.376 e. The van der Waals surface area contributed by atoms with E-state index in [-0.39, 0.29) is 18.4 Å². The lowest BCUT2D eigenvalue weighted by molar-refractivity contribution is -0.128. The minimum atomic E-state index is -0.0996. The molecule has 2 N–H and O–H groups in total. The summed E-state index contributed by atoms with van der Waals surface area (Å²) in [4.78, 5) is 24.5. The Balaban J connectivity index is 2.50. The van der Waals surface area contributed by atoms with Gasteiger partial charge in [0.25, 0.3) is 0 Å². The maximum absolute atomic E-state index is 11.8. The Morgan fingerprint density at radius 2 is 1.58 bits per heavy atom. The van der Waals surface area contributed by atoms with E-state index in [4.69, 9.17) is 0 Å². The molecule has 0 aliphatic rings. The van der Waals surface area contributed by atoms with E-state index in [1.807, 2.05) is 26.0 Å². The molecule has 0 aliphatic carbocycles. The van der Waals surface area contributed by atoms with Crippen LogP contribution in [-0.4, -0.2) is 36.3 Å². The lowest BCUT2D eigenvalue weighted by Gasteiger charge is -2.19. The summed E-state index contributed by atoms with van der Waals surface area (Å²) in [6.45, 7) is 7.11. The van der Waals surface area contributed by atoms with Crippen LogP contribution < -0.4 is 10.6 Å². The van der Waals surface area contributed by atoms with Crippen molar-refractivity contribution in [3.8, 4) is 0 Å². The smallest absolute Gasteiger partial charge is 0.241 e. The van der Waals surface area contributed by atoms with E-state index in [1.54, 1.807) is 17.0 Å². The minimum Gasteiger partial charge on any atom is -0.376 e. The Labute approximate surface area is 114 Å². The molecule has 0 atom stereocenters. The van der Waals surface area contributed by atoms with Crippen LogP contribution in [0.1, 0.15) is 20.8 Å². The number of nitrogens with zero attached hydrogens (tertiary/aromatic N) is 1. The van der Waals surface area contributed by atoms with Gasteiger partial charge in [-0.25, -0.2) is 0 Å². The molecule has 1 aromatic carbocycles. The summed E-state index contributed by atoms with van der Waals surface area (Å²) in [5.74, 6) is -0.0200. The van der Waals surface area contributed by atoms with Crippen LogP contribution in [0.3, 0.4) is 0 Å². The van der Waals surface area contributed by atoms with Crippen molar-refractivity contribution >= 4 is 23.2 Å². The third-order valence-electron chi connectivity index (χ3n) is 2.77. The fraction of sp³-hybridized carbons (Fsp3) is 0.429. The van der Waals surface area contributed by atoms with Gasteiger partial charge in [0.1, 0.15) is 0 Å². The number of likely N-dealkylation sites (N-methyl/N-ethyl adjacent to an activating group) is 1. The van der Waals surface area contributed by atoms with Crippen molar-refractivity contribution in [1.29, 1.82) is 0 Å². The van der Waals surface area contributed by atoms with Crippen LogP contribution in [0.15, 0.2) is 24.3 Å². The molecule has 1 aromatic rings. The maximum Gasteiger partial charge on any atom is 0.241 e. The molecule has 0 saturated heterocycles. The number of anilines is 2. The van der Waals surface area contributed by atoms with E-state index in [0.29, 0.717) is 0 Å². The molecule has 0 heterocycles. The standard InChI is InChI=1S/C14H21N3O2/c1-4-17(5-2)14(19)10-15-12-6-8-13(9-7-12)16-11(3)18/h6-9,15H,4-5,10H2,1-3H3,(H,16,18). The topological polar surface area (TPSA) is 61.4 Å². The van der Waals surface area contributed by atoms with E-state index in [1.165, 1.54) is 6.92 Å². The van der Waals surface area contributed by atoms with E-state index < -0.39 is 0 Å². The van der Waals surface area contributed by atoms with Crippen molar-refractivity contribution in [2.24, 2.45) is 0 Å².